The molecule has 0 fully saturated rings. The van der Waals surface area contributed by atoms with Crippen LogP contribution in [0, 0.1) is 13.8 Å². The molecular formula is C12H19N3O4. The van der Waals surface area contributed by atoms with Gasteiger partial charge in [0.15, 0.2) is 0 Å². The second kappa shape index (κ2) is 6.44. The molecule has 0 saturated heterocycles. The number of methoxy groups -OCH3 is 1. The lowest BCUT2D eigenvalue weighted by molar-refractivity contribution is 0.0379. The zero-order valence-corrected chi connectivity index (χ0v) is 11.6. The Kier molecular flexibility index (Phi) is 5.20. The largest absolute Gasteiger partial charge is 0.389 e. The van der Waals surface area contributed by atoms with Gasteiger partial charge in [0.25, 0.3) is 11.5 Å². The standard InChI is InChI=1S/C12H19N3O4/c1-7-8(2)13-14-11(17)10(7)12(18)15(3)5-9(16)6-19-4/h9,16H,5-6H2,1-4H3,(H,14,17). The maximum atomic E-state index is 12.2. The van der Waals surface area contributed by atoms with Gasteiger partial charge >= 0.3 is 0 Å². The van der Waals surface area contributed by atoms with Gasteiger partial charge in [-0.2, -0.15) is 5.10 Å². The molecule has 0 aromatic carbocycles. The minimum Gasteiger partial charge on any atom is -0.389 e. The van der Waals surface area contributed by atoms with Crippen LogP contribution in [-0.2, 0) is 4.74 Å². The smallest absolute Gasteiger partial charge is 0.277 e. The molecule has 0 aliphatic heterocycles. The Bertz CT molecular complexity index is 512. The number of rotatable bonds is 5. The lowest BCUT2D eigenvalue weighted by Gasteiger charge is -2.21. The van der Waals surface area contributed by atoms with Gasteiger partial charge in [-0.3, -0.25) is 9.59 Å². The van der Waals surface area contributed by atoms with E-state index in [2.05, 4.69) is 10.2 Å². The van der Waals surface area contributed by atoms with Crippen LogP contribution >= 0.6 is 0 Å². The first-order chi connectivity index (χ1) is 8.88. The molecule has 19 heavy (non-hydrogen) atoms. The molecule has 0 aliphatic rings. The zero-order valence-electron chi connectivity index (χ0n) is 11.6. The van der Waals surface area contributed by atoms with Crippen molar-refractivity contribution in [3.8, 4) is 0 Å². The molecule has 0 radical (unpaired) electrons. The molecular weight excluding hydrogens is 250 g/mol. The average Bonchev–Trinajstić information content (AvgIpc) is 2.34. The van der Waals surface area contributed by atoms with E-state index in [9.17, 15) is 14.7 Å². The highest BCUT2D eigenvalue weighted by Crippen LogP contribution is 2.08. The molecule has 7 heteroatoms. The number of aryl methyl sites for hydroxylation is 1. The van der Waals surface area contributed by atoms with E-state index in [-0.39, 0.29) is 18.7 Å². The Morgan fingerprint density at radius 1 is 1.53 bits per heavy atom. The minimum atomic E-state index is -0.790. The highest BCUT2D eigenvalue weighted by molar-refractivity contribution is 5.95. The Hall–Kier alpha value is -1.73. The normalized spacial score (nSPS) is 12.3. The number of nitrogens with one attached hydrogen (secondary N) is 1. The average molecular weight is 269 g/mol. The molecule has 0 spiro atoms. The number of aromatic nitrogens is 2. The van der Waals surface area contributed by atoms with Crippen molar-refractivity contribution < 1.29 is 14.6 Å². The summed E-state index contributed by atoms with van der Waals surface area (Å²) in [4.78, 5) is 25.2. The number of hydrogen-bond acceptors (Lipinski definition) is 5. The van der Waals surface area contributed by atoms with Crippen LogP contribution in [0.1, 0.15) is 21.6 Å². The van der Waals surface area contributed by atoms with E-state index in [0.29, 0.717) is 11.3 Å². The third-order valence-electron chi connectivity index (χ3n) is 2.87. The Balaban J connectivity index is 2.95. The fourth-order valence-electron chi connectivity index (χ4n) is 1.72. The van der Waals surface area contributed by atoms with Crippen molar-refractivity contribution in [2.75, 3.05) is 27.3 Å². The number of carbonyl (C=O) groups excluding carboxylic acids is 1. The SMILES string of the molecule is COCC(O)CN(C)C(=O)c1c(C)c(C)n[nH]c1=O. The second-order valence-corrected chi connectivity index (χ2v) is 4.43. The van der Waals surface area contributed by atoms with E-state index in [4.69, 9.17) is 4.74 Å². The van der Waals surface area contributed by atoms with E-state index in [0.717, 1.165) is 0 Å². The van der Waals surface area contributed by atoms with E-state index in [1.807, 2.05) is 0 Å². The number of aliphatic hydroxyl groups excluding tert-OH is 1. The van der Waals surface area contributed by atoms with Crippen molar-refractivity contribution in [1.82, 2.24) is 15.1 Å². The molecule has 2 N–H and O–H groups in total. The number of nitrogens with zero attached hydrogens (tertiary/aromatic N) is 2. The van der Waals surface area contributed by atoms with Gasteiger partial charge < -0.3 is 14.7 Å². The molecule has 1 heterocycles. The Morgan fingerprint density at radius 2 is 2.16 bits per heavy atom. The molecule has 1 aromatic rings. The zero-order chi connectivity index (χ0) is 14.6. The van der Waals surface area contributed by atoms with Crippen molar-refractivity contribution in [3.05, 3.63) is 27.2 Å². The first kappa shape index (κ1) is 15.3. The summed E-state index contributed by atoms with van der Waals surface area (Å²) in [5.41, 5.74) is 0.663. The molecule has 0 saturated carbocycles. The highest BCUT2D eigenvalue weighted by Gasteiger charge is 2.21. The minimum absolute atomic E-state index is 0.0552. The summed E-state index contributed by atoms with van der Waals surface area (Å²) in [6.45, 7) is 3.60. The number of aromatic amines is 1. The first-order valence-corrected chi connectivity index (χ1v) is 5.86. The summed E-state index contributed by atoms with van der Waals surface area (Å²) in [5, 5.41) is 15.7. The fraction of sp³-hybridized carbons (Fsp3) is 0.583. The predicted octanol–water partition coefficient (Wildman–Crippen LogP) is -0.534. The van der Waals surface area contributed by atoms with Crippen molar-refractivity contribution in [1.29, 1.82) is 0 Å². The molecule has 0 aliphatic carbocycles. The number of carbonyl (C=O) groups is 1. The van der Waals surface area contributed by atoms with Crippen LogP contribution in [0.4, 0.5) is 0 Å². The van der Waals surface area contributed by atoms with E-state index in [1.54, 1.807) is 13.8 Å². The number of aliphatic hydroxyl groups is 1. The molecule has 106 valence electrons. The van der Waals surface area contributed by atoms with Gasteiger partial charge in [0.2, 0.25) is 0 Å². The molecule has 1 amide bonds. The Morgan fingerprint density at radius 3 is 2.74 bits per heavy atom. The molecule has 1 unspecified atom stereocenters. The first-order valence-electron chi connectivity index (χ1n) is 5.86. The summed E-state index contributed by atoms with van der Waals surface area (Å²) in [7, 11) is 2.99. The Labute approximate surface area is 111 Å². The van der Waals surface area contributed by atoms with Gasteiger partial charge in [-0.25, -0.2) is 5.10 Å². The number of ether oxygens (including phenoxy) is 1. The summed E-state index contributed by atoms with van der Waals surface area (Å²) in [6, 6.07) is 0. The van der Waals surface area contributed by atoms with Crippen molar-refractivity contribution in [2.45, 2.75) is 20.0 Å². The van der Waals surface area contributed by atoms with Gasteiger partial charge in [0, 0.05) is 20.7 Å². The van der Waals surface area contributed by atoms with E-state index in [1.165, 1.54) is 19.1 Å². The number of hydrogen-bond donors (Lipinski definition) is 2. The summed E-state index contributed by atoms with van der Waals surface area (Å²) >= 11 is 0. The monoisotopic (exact) mass is 269 g/mol. The van der Waals surface area contributed by atoms with Gasteiger partial charge in [0.1, 0.15) is 5.56 Å². The van der Waals surface area contributed by atoms with Crippen LogP contribution in [0.25, 0.3) is 0 Å². The van der Waals surface area contributed by atoms with Crippen LogP contribution in [0.15, 0.2) is 4.79 Å². The molecule has 1 atom stereocenters. The number of H-pyrrole nitrogens is 1. The topological polar surface area (TPSA) is 95.5 Å². The summed E-state index contributed by atoms with van der Waals surface area (Å²) < 4.78 is 4.79. The number of likely N-dealkylation sites (N-methyl/N-ethyl adjacent to an activating group) is 1. The van der Waals surface area contributed by atoms with Gasteiger partial charge in [-0.1, -0.05) is 0 Å². The second-order valence-electron chi connectivity index (χ2n) is 4.43. The quantitative estimate of drug-likeness (QED) is 0.749. The third-order valence-corrected chi connectivity index (χ3v) is 2.87. The van der Waals surface area contributed by atoms with Crippen molar-refractivity contribution in [2.24, 2.45) is 0 Å². The maximum Gasteiger partial charge on any atom is 0.277 e. The third kappa shape index (κ3) is 3.62. The van der Waals surface area contributed by atoms with Gasteiger partial charge in [0.05, 0.1) is 18.4 Å². The van der Waals surface area contributed by atoms with E-state index >= 15 is 0 Å². The molecule has 7 nitrogen and oxygen atoms in total. The van der Waals surface area contributed by atoms with Crippen LogP contribution in [0.3, 0.4) is 0 Å². The fourth-order valence-corrected chi connectivity index (χ4v) is 1.72. The van der Waals surface area contributed by atoms with E-state index < -0.39 is 17.6 Å². The van der Waals surface area contributed by atoms with Gasteiger partial charge in [-0.15, -0.1) is 0 Å². The van der Waals surface area contributed by atoms with Crippen LogP contribution < -0.4 is 5.56 Å². The lowest BCUT2D eigenvalue weighted by Crippen LogP contribution is -2.39. The van der Waals surface area contributed by atoms with Crippen LogP contribution in [-0.4, -0.2) is 59.5 Å². The number of amides is 1. The maximum absolute atomic E-state index is 12.2. The van der Waals surface area contributed by atoms with Crippen molar-refractivity contribution >= 4 is 5.91 Å². The molecule has 1 rings (SSSR count). The lowest BCUT2D eigenvalue weighted by atomic mass is 10.1. The van der Waals surface area contributed by atoms with Crippen LogP contribution in [0.5, 0.6) is 0 Å². The molecule has 0 bridgehead atoms. The summed E-state index contributed by atoms with van der Waals surface area (Å²) in [6.07, 6.45) is -0.790. The van der Waals surface area contributed by atoms with Crippen LogP contribution in [0.2, 0.25) is 0 Å². The predicted molar refractivity (Wildman–Crippen MR) is 69.2 cm³/mol. The highest BCUT2D eigenvalue weighted by atomic mass is 16.5. The van der Waals surface area contributed by atoms with Gasteiger partial charge in [-0.05, 0) is 19.4 Å². The molecule has 1 aromatic heterocycles. The summed E-state index contributed by atoms with van der Waals surface area (Å²) in [5.74, 6) is -0.445. The van der Waals surface area contributed by atoms with Crippen molar-refractivity contribution in [3.63, 3.8) is 0 Å².